The SMILES string of the molecule is CNC(Cc1ccc(C(C)C)cc1)c1cccc(Br)c1Cl. The van der Waals surface area contributed by atoms with Gasteiger partial charge in [0.2, 0.25) is 0 Å². The van der Waals surface area contributed by atoms with Crippen LogP contribution in [0.15, 0.2) is 46.9 Å². The van der Waals surface area contributed by atoms with E-state index in [1.165, 1.54) is 11.1 Å². The third-order valence-corrected chi connectivity index (χ3v) is 5.10. The summed E-state index contributed by atoms with van der Waals surface area (Å²) in [7, 11) is 1.98. The first-order valence-electron chi connectivity index (χ1n) is 7.23. The number of nitrogens with one attached hydrogen (secondary N) is 1. The Bertz CT molecular complexity index is 593. The molecule has 112 valence electrons. The fourth-order valence-electron chi connectivity index (χ4n) is 2.43. The molecule has 0 spiro atoms. The predicted octanol–water partition coefficient (Wildman–Crippen LogP) is 5.73. The van der Waals surface area contributed by atoms with E-state index < -0.39 is 0 Å². The van der Waals surface area contributed by atoms with Gasteiger partial charge < -0.3 is 5.32 Å². The molecule has 2 aromatic rings. The van der Waals surface area contributed by atoms with Crippen molar-refractivity contribution >= 4 is 27.5 Å². The van der Waals surface area contributed by atoms with E-state index in [4.69, 9.17) is 11.6 Å². The fourth-order valence-corrected chi connectivity index (χ4v) is 3.07. The lowest BCUT2D eigenvalue weighted by atomic mass is 9.96. The van der Waals surface area contributed by atoms with Gasteiger partial charge in [-0.2, -0.15) is 0 Å². The summed E-state index contributed by atoms with van der Waals surface area (Å²) in [5.41, 5.74) is 3.82. The molecule has 3 heteroatoms. The number of hydrogen-bond acceptors (Lipinski definition) is 1. The van der Waals surface area contributed by atoms with Crippen molar-refractivity contribution in [1.82, 2.24) is 5.32 Å². The Labute approximate surface area is 140 Å². The predicted molar refractivity (Wildman–Crippen MR) is 95.2 cm³/mol. The Hall–Kier alpha value is -0.830. The minimum Gasteiger partial charge on any atom is -0.313 e. The van der Waals surface area contributed by atoms with Crippen molar-refractivity contribution in [2.24, 2.45) is 0 Å². The van der Waals surface area contributed by atoms with E-state index in [1.807, 2.05) is 19.2 Å². The van der Waals surface area contributed by atoms with E-state index in [0.29, 0.717) is 5.92 Å². The first kappa shape index (κ1) is 16.5. The molecule has 21 heavy (non-hydrogen) atoms. The van der Waals surface area contributed by atoms with Gasteiger partial charge in [0.25, 0.3) is 0 Å². The molecule has 0 aliphatic carbocycles. The van der Waals surface area contributed by atoms with Crippen molar-refractivity contribution in [2.75, 3.05) is 7.05 Å². The lowest BCUT2D eigenvalue weighted by molar-refractivity contribution is 0.592. The Balaban J connectivity index is 2.21. The maximum Gasteiger partial charge on any atom is 0.0595 e. The summed E-state index contributed by atoms with van der Waals surface area (Å²) in [5.74, 6) is 0.568. The van der Waals surface area contributed by atoms with Gasteiger partial charge in [-0.3, -0.25) is 0 Å². The highest BCUT2D eigenvalue weighted by Crippen LogP contribution is 2.31. The zero-order valence-corrected chi connectivity index (χ0v) is 15.0. The van der Waals surface area contributed by atoms with E-state index in [9.17, 15) is 0 Å². The van der Waals surface area contributed by atoms with Gasteiger partial charge >= 0.3 is 0 Å². The first-order chi connectivity index (χ1) is 10.0. The van der Waals surface area contributed by atoms with Gasteiger partial charge in [0.15, 0.2) is 0 Å². The van der Waals surface area contributed by atoms with Crippen molar-refractivity contribution in [1.29, 1.82) is 0 Å². The highest BCUT2D eigenvalue weighted by Gasteiger charge is 2.15. The molecular formula is C18H21BrClN. The van der Waals surface area contributed by atoms with Crippen LogP contribution < -0.4 is 5.32 Å². The normalized spacial score (nSPS) is 12.7. The van der Waals surface area contributed by atoms with Crippen LogP contribution in [0.1, 0.15) is 42.5 Å². The van der Waals surface area contributed by atoms with Crippen LogP contribution in [0, 0.1) is 0 Å². The molecule has 1 unspecified atom stereocenters. The summed E-state index contributed by atoms with van der Waals surface area (Å²) in [6, 6.07) is 15.1. The monoisotopic (exact) mass is 365 g/mol. The molecule has 2 aromatic carbocycles. The van der Waals surface area contributed by atoms with Crippen LogP contribution in [0.5, 0.6) is 0 Å². The topological polar surface area (TPSA) is 12.0 Å². The number of benzene rings is 2. The molecule has 0 aliphatic rings. The molecule has 0 saturated carbocycles. The molecule has 0 aliphatic heterocycles. The van der Waals surface area contributed by atoms with Crippen LogP contribution in [-0.2, 0) is 6.42 Å². The molecule has 0 fully saturated rings. The summed E-state index contributed by atoms with van der Waals surface area (Å²) in [6.07, 6.45) is 0.922. The molecule has 0 aromatic heterocycles. The number of halogens is 2. The highest BCUT2D eigenvalue weighted by molar-refractivity contribution is 9.10. The second kappa shape index (κ2) is 7.44. The highest BCUT2D eigenvalue weighted by atomic mass is 79.9. The van der Waals surface area contributed by atoms with E-state index in [0.717, 1.165) is 21.5 Å². The van der Waals surface area contributed by atoms with Crippen LogP contribution in [0.4, 0.5) is 0 Å². The van der Waals surface area contributed by atoms with Crippen LogP contribution in [0.25, 0.3) is 0 Å². The zero-order chi connectivity index (χ0) is 15.4. The van der Waals surface area contributed by atoms with Gasteiger partial charge in [-0.25, -0.2) is 0 Å². The quantitative estimate of drug-likeness (QED) is 0.712. The number of hydrogen-bond donors (Lipinski definition) is 1. The van der Waals surface area contributed by atoms with Crippen molar-refractivity contribution in [3.63, 3.8) is 0 Å². The van der Waals surface area contributed by atoms with Crippen molar-refractivity contribution in [3.05, 3.63) is 68.7 Å². The number of rotatable bonds is 5. The van der Waals surface area contributed by atoms with E-state index in [2.05, 4.69) is 65.4 Å². The van der Waals surface area contributed by atoms with Crippen molar-refractivity contribution < 1.29 is 0 Å². The number of likely N-dealkylation sites (N-methyl/N-ethyl adjacent to an activating group) is 1. The second-order valence-electron chi connectivity index (χ2n) is 5.58. The Morgan fingerprint density at radius 2 is 1.76 bits per heavy atom. The first-order valence-corrected chi connectivity index (χ1v) is 8.40. The Morgan fingerprint density at radius 1 is 1.10 bits per heavy atom. The molecule has 0 heterocycles. The summed E-state index contributed by atoms with van der Waals surface area (Å²) in [5, 5.41) is 4.15. The summed E-state index contributed by atoms with van der Waals surface area (Å²) < 4.78 is 0.942. The molecule has 0 amide bonds. The molecule has 0 bridgehead atoms. The third-order valence-electron chi connectivity index (χ3n) is 3.79. The maximum absolute atomic E-state index is 6.41. The van der Waals surface area contributed by atoms with E-state index in [1.54, 1.807) is 0 Å². The van der Waals surface area contributed by atoms with Gasteiger partial charge in [0, 0.05) is 10.5 Å². The van der Waals surface area contributed by atoms with Crippen LogP contribution in [0.3, 0.4) is 0 Å². The van der Waals surface area contributed by atoms with Gasteiger partial charge in [0.05, 0.1) is 5.02 Å². The maximum atomic E-state index is 6.41. The Morgan fingerprint density at radius 3 is 2.33 bits per heavy atom. The Kier molecular flexibility index (Phi) is 5.86. The molecule has 1 N–H and O–H groups in total. The minimum absolute atomic E-state index is 0.208. The minimum atomic E-state index is 0.208. The fraction of sp³-hybridized carbons (Fsp3) is 0.333. The summed E-state index contributed by atoms with van der Waals surface area (Å²) in [4.78, 5) is 0. The van der Waals surface area contributed by atoms with Gasteiger partial charge in [-0.15, -0.1) is 0 Å². The van der Waals surface area contributed by atoms with Crippen LogP contribution in [-0.4, -0.2) is 7.05 Å². The van der Waals surface area contributed by atoms with E-state index in [-0.39, 0.29) is 6.04 Å². The van der Waals surface area contributed by atoms with Crippen LogP contribution >= 0.6 is 27.5 Å². The lowest BCUT2D eigenvalue weighted by Gasteiger charge is -2.19. The standard InChI is InChI=1S/C18H21BrClN/c1-12(2)14-9-7-13(8-10-14)11-17(21-3)15-5-4-6-16(19)18(15)20/h4-10,12,17,21H,11H2,1-3H3. The molecule has 1 nitrogen and oxygen atoms in total. The van der Waals surface area contributed by atoms with E-state index >= 15 is 0 Å². The molecule has 2 rings (SSSR count). The van der Waals surface area contributed by atoms with Crippen molar-refractivity contribution in [3.8, 4) is 0 Å². The molecule has 0 saturated heterocycles. The van der Waals surface area contributed by atoms with Gasteiger partial charge in [-0.1, -0.05) is 61.8 Å². The summed E-state index contributed by atoms with van der Waals surface area (Å²) >= 11 is 9.91. The zero-order valence-electron chi connectivity index (χ0n) is 12.7. The molecule has 0 radical (unpaired) electrons. The average molecular weight is 367 g/mol. The van der Waals surface area contributed by atoms with Gasteiger partial charge in [0.1, 0.15) is 0 Å². The van der Waals surface area contributed by atoms with Gasteiger partial charge in [-0.05, 0) is 58.1 Å². The smallest absolute Gasteiger partial charge is 0.0595 e. The third kappa shape index (κ3) is 4.09. The largest absolute Gasteiger partial charge is 0.313 e. The van der Waals surface area contributed by atoms with Crippen molar-refractivity contribution in [2.45, 2.75) is 32.2 Å². The van der Waals surface area contributed by atoms with Crippen LogP contribution in [0.2, 0.25) is 5.02 Å². The second-order valence-corrected chi connectivity index (χ2v) is 6.82. The summed E-state index contributed by atoms with van der Waals surface area (Å²) in [6.45, 7) is 4.43. The molecular weight excluding hydrogens is 346 g/mol. The average Bonchev–Trinajstić information content (AvgIpc) is 2.48. The molecule has 1 atom stereocenters. The lowest BCUT2D eigenvalue weighted by Crippen LogP contribution is -2.19.